The summed E-state index contributed by atoms with van der Waals surface area (Å²) in [6, 6.07) is 8.03. The highest BCUT2D eigenvalue weighted by molar-refractivity contribution is 5.87. The third-order valence-corrected chi connectivity index (χ3v) is 3.39. The lowest BCUT2D eigenvalue weighted by Crippen LogP contribution is -2.47. The highest BCUT2D eigenvalue weighted by Crippen LogP contribution is 2.26. The number of rotatable bonds is 1. The van der Waals surface area contributed by atoms with Crippen LogP contribution in [0.3, 0.4) is 0 Å². The molecule has 1 aromatic rings. The molecule has 90 valence electrons. The van der Waals surface area contributed by atoms with Crippen LogP contribution in [0.5, 0.6) is 0 Å². The van der Waals surface area contributed by atoms with Crippen molar-refractivity contribution < 1.29 is 9.53 Å². The van der Waals surface area contributed by atoms with Gasteiger partial charge in [-0.05, 0) is 11.6 Å². The number of fused-ring (bicyclic) bond motifs is 1. The second-order valence-corrected chi connectivity index (χ2v) is 4.50. The van der Waals surface area contributed by atoms with E-state index in [9.17, 15) is 4.79 Å². The number of carbonyl (C=O) groups is 1. The van der Waals surface area contributed by atoms with E-state index in [1.165, 1.54) is 5.56 Å². The van der Waals surface area contributed by atoms with E-state index >= 15 is 0 Å². The molecule has 1 fully saturated rings. The summed E-state index contributed by atoms with van der Waals surface area (Å²) in [6.45, 7) is 2.75. The molecule has 0 radical (unpaired) electrons. The molecule has 2 heterocycles. The van der Waals surface area contributed by atoms with E-state index in [1.54, 1.807) is 0 Å². The van der Waals surface area contributed by atoms with Gasteiger partial charge in [-0.15, -0.1) is 0 Å². The van der Waals surface area contributed by atoms with Crippen molar-refractivity contribution in [3.8, 4) is 0 Å². The average Bonchev–Trinajstić information content (AvgIpc) is 2.82. The highest BCUT2D eigenvalue weighted by atomic mass is 16.5. The van der Waals surface area contributed by atoms with Crippen LogP contribution in [0.1, 0.15) is 5.56 Å². The smallest absolute Gasteiger partial charge is 0.245 e. The number of hydrogen-bond acceptors (Lipinski definition) is 3. The summed E-state index contributed by atoms with van der Waals surface area (Å²) >= 11 is 0. The maximum Gasteiger partial charge on any atom is 0.245 e. The number of carbonyl (C=O) groups excluding carboxylic acids is 1. The van der Waals surface area contributed by atoms with Gasteiger partial charge in [-0.2, -0.15) is 0 Å². The van der Waals surface area contributed by atoms with Crippen molar-refractivity contribution in [2.45, 2.75) is 12.5 Å². The van der Waals surface area contributed by atoms with Gasteiger partial charge in [-0.3, -0.25) is 4.79 Å². The van der Waals surface area contributed by atoms with Crippen molar-refractivity contribution in [2.24, 2.45) is 0 Å². The maximum absolute atomic E-state index is 12.3. The summed E-state index contributed by atoms with van der Waals surface area (Å²) in [5, 5.41) is 3.30. The predicted molar refractivity (Wildman–Crippen MR) is 65.0 cm³/mol. The summed E-state index contributed by atoms with van der Waals surface area (Å²) in [7, 11) is 0. The standard InChI is InChI=1S/C13H16N2O2/c16-13(15-5-7-17-8-6-15)12-9-10-3-1-2-4-11(10)14-12/h1-4,12,14H,5-9H2/t12-/m0/s1. The topological polar surface area (TPSA) is 41.6 Å². The van der Waals surface area contributed by atoms with Crippen LogP contribution in [0, 0.1) is 0 Å². The Balaban J connectivity index is 1.69. The quantitative estimate of drug-likeness (QED) is 0.781. The van der Waals surface area contributed by atoms with Gasteiger partial charge < -0.3 is 15.0 Å². The SMILES string of the molecule is O=C([C@@H]1Cc2ccccc2N1)N1CCOCC1. The van der Waals surface area contributed by atoms with Gasteiger partial charge in [0, 0.05) is 25.2 Å². The van der Waals surface area contributed by atoms with E-state index in [1.807, 2.05) is 23.1 Å². The summed E-state index contributed by atoms with van der Waals surface area (Å²) in [4.78, 5) is 14.2. The number of benzene rings is 1. The lowest BCUT2D eigenvalue weighted by atomic mass is 10.1. The number of hydrogen-bond donors (Lipinski definition) is 1. The molecule has 2 aliphatic rings. The third-order valence-electron chi connectivity index (χ3n) is 3.39. The Morgan fingerprint density at radius 1 is 1.29 bits per heavy atom. The van der Waals surface area contributed by atoms with E-state index in [-0.39, 0.29) is 11.9 Å². The van der Waals surface area contributed by atoms with Gasteiger partial charge in [0.15, 0.2) is 0 Å². The minimum Gasteiger partial charge on any atom is -0.378 e. The first-order valence-corrected chi connectivity index (χ1v) is 6.05. The van der Waals surface area contributed by atoms with Crippen LogP contribution >= 0.6 is 0 Å². The van der Waals surface area contributed by atoms with Gasteiger partial charge in [-0.25, -0.2) is 0 Å². The van der Waals surface area contributed by atoms with Crippen LogP contribution in [0.2, 0.25) is 0 Å². The van der Waals surface area contributed by atoms with Crippen LogP contribution in [0.4, 0.5) is 5.69 Å². The van der Waals surface area contributed by atoms with Gasteiger partial charge in [-0.1, -0.05) is 18.2 Å². The molecule has 0 aromatic heterocycles. The Hall–Kier alpha value is -1.55. The van der Waals surface area contributed by atoms with Crippen LogP contribution in [0.15, 0.2) is 24.3 Å². The van der Waals surface area contributed by atoms with Crippen molar-refractivity contribution in [3.63, 3.8) is 0 Å². The predicted octanol–water partition coefficient (Wildman–Crippen LogP) is 0.882. The molecule has 1 saturated heterocycles. The molecule has 3 rings (SSSR count). The van der Waals surface area contributed by atoms with Gasteiger partial charge in [0.2, 0.25) is 5.91 Å². The molecule has 1 aromatic carbocycles. The molecule has 1 atom stereocenters. The first-order chi connectivity index (χ1) is 8.34. The number of ether oxygens (including phenoxy) is 1. The molecule has 1 N–H and O–H groups in total. The van der Waals surface area contributed by atoms with Crippen molar-refractivity contribution in [2.75, 3.05) is 31.6 Å². The Morgan fingerprint density at radius 3 is 2.82 bits per heavy atom. The molecule has 0 unspecified atom stereocenters. The largest absolute Gasteiger partial charge is 0.378 e. The van der Waals surface area contributed by atoms with Crippen LogP contribution in [-0.2, 0) is 16.0 Å². The van der Waals surface area contributed by atoms with E-state index in [2.05, 4.69) is 11.4 Å². The van der Waals surface area contributed by atoms with Crippen molar-refractivity contribution in [1.82, 2.24) is 4.90 Å². The van der Waals surface area contributed by atoms with Crippen molar-refractivity contribution in [1.29, 1.82) is 0 Å². The molecule has 0 aliphatic carbocycles. The third kappa shape index (κ3) is 2.00. The fraction of sp³-hybridized carbons (Fsp3) is 0.462. The van der Waals surface area contributed by atoms with E-state index in [0.717, 1.165) is 12.1 Å². The van der Waals surface area contributed by atoms with Crippen LogP contribution in [-0.4, -0.2) is 43.2 Å². The lowest BCUT2D eigenvalue weighted by Gasteiger charge is -2.29. The minimum absolute atomic E-state index is 0.0921. The molecule has 1 amide bonds. The van der Waals surface area contributed by atoms with Gasteiger partial charge in [0.1, 0.15) is 6.04 Å². The molecule has 0 spiro atoms. The molecule has 4 nitrogen and oxygen atoms in total. The van der Waals surface area contributed by atoms with Gasteiger partial charge >= 0.3 is 0 Å². The average molecular weight is 232 g/mol. The Labute approximate surface area is 101 Å². The monoisotopic (exact) mass is 232 g/mol. The fourth-order valence-electron chi connectivity index (χ4n) is 2.45. The van der Waals surface area contributed by atoms with E-state index in [0.29, 0.717) is 26.3 Å². The molecule has 2 aliphatic heterocycles. The molecular formula is C13H16N2O2. The zero-order valence-corrected chi connectivity index (χ0v) is 9.69. The zero-order chi connectivity index (χ0) is 11.7. The minimum atomic E-state index is -0.0921. The first-order valence-electron chi connectivity index (χ1n) is 6.05. The van der Waals surface area contributed by atoms with E-state index < -0.39 is 0 Å². The van der Waals surface area contributed by atoms with Crippen LogP contribution < -0.4 is 5.32 Å². The molecule has 0 saturated carbocycles. The summed E-state index contributed by atoms with van der Waals surface area (Å²) in [6.07, 6.45) is 0.798. The Bertz CT molecular complexity index is 402. The second-order valence-electron chi connectivity index (χ2n) is 4.50. The summed E-state index contributed by atoms with van der Waals surface area (Å²) in [5.74, 6) is 0.199. The second kappa shape index (κ2) is 4.37. The summed E-state index contributed by atoms with van der Waals surface area (Å²) in [5.41, 5.74) is 2.33. The Kier molecular flexibility index (Phi) is 2.73. The number of amides is 1. The molecule has 0 bridgehead atoms. The molecule has 4 heteroatoms. The van der Waals surface area contributed by atoms with Crippen molar-refractivity contribution in [3.05, 3.63) is 29.8 Å². The number of nitrogens with one attached hydrogen (secondary N) is 1. The van der Waals surface area contributed by atoms with Gasteiger partial charge in [0.05, 0.1) is 13.2 Å². The molecular weight excluding hydrogens is 216 g/mol. The number of nitrogens with zero attached hydrogens (tertiary/aromatic N) is 1. The Morgan fingerprint density at radius 2 is 2.06 bits per heavy atom. The number of anilines is 1. The van der Waals surface area contributed by atoms with Crippen LogP contribution in [0.25, 0.3) is 0 Å². The lowest BCUT2D eigenvalue weighted by molar-refractivity contribution is -0.135. The highest BCUT2D eigenvalue weighted by Gasteiger charge is 2.30. The number of para-hydroxylation sites is 1. The van der Waals surface area contributed by atoms with Crippen molar-refractivity contribution >= 4 is 11.6 Å². The normalized spacial score (nSPS) is 23.1. The first kappa shape index (κ1) is 10.6. The zero-order valence-electron chi connectivity index (χ0n) is 9.69. The van der Waals surface area contributed by atoms with Gasteiger partial charge in [0.25, 0.3) is 0 Å². The van der Waals surface area contributed by atoms with E-state index in [4.69, 9.17) is 4.74 Å². The number of morpholine rings is 1. The maximum atomic E-state index is 12.3. The summed E-state index contributed by atoms with van der Waals surface area (Å²) < 4.78 is 5.26. The fourth-order valence-corrected chi connectivity index (χ4v) is 2.45. The molecule has 17 heavy (non-hydrogen) atoms.